The van der Waals surface area contributed by atoms with Crippen LogP contribution in [0.3, 0.4) is 0 Å². The van der Waals surface area contributed by atoms with E-state index in [1.54, 1.807) is 0 Å². The summed E-state index contributed by atoms with van der Waals surface area (Å²) in [6, 6.07) is 0. The highest BCUT2D eigenvalue weighted by atomic mass is 32.2. The van der Waals surface area contributed by atoms with Crippen molar-refractivity contribution in [2.75, 3.05) is 19.7 Å². The van der Waals surface area contributed by atoms with E-state index in [-0.39, 0.29) is 24.7 Å². The lowest BCUT2D eigenvalue weighted by molar-refractivity contribution is -0.141. The lowest BCUT2D eigenvalue weighted by atomic mass is 10.1. The lowest BCUT2D eigenvalue weighted by Gasteiger charge is -2.32. The average Bonchev–Trinajstić information content (AvgIpc) is 2.24. The van der Waals surface area contributed by atoms with Gasteiger partial charge in [-0.1, -0.05) is 0 Å². The van der Waals surface area contributed by atoms with Gasteiger partial charge in [-0.2, -0.15) is 0 Å². The van der Waals surface area contributed by atoms with Gasteiger partial charge in [-0.3, -0.25) is 4.79 Å². The highest BCUT2D eigenvalue weighted by Crippen LogP contribution is 2.16. The molecule has 7 heteroatoms. The fourth-order valence-corrected chi connectivity index (χ4v) is 2.69. The minimum absolute atomic E-state index is 0.0269. The molecule has 1 fully saturated rings. The van der Waals surface area contributed by atoms with Crippen LogP contribution < -0.4 is 5.14 Å². The van der Waals surface area contributed by atoms with Gasteiger partial charge in [-0.05, 0) is 33.6 Å². The van der Waals surface area contributed by atoms with Gasteiger partial charge in [0.1, 0.15) is 6.61 Å². The van der Waals surface area contributed by atoms with Crippen molar-refractivity contribution in [1.29, 1.82) is 0 Å². The van der Waals surface area contributed by atoms with Gasteiger partial charge in [0.2, 0.25) is 15.9 Å². The van der Waals surface area contributed by atoms with Crippen LogP contribution in [0.15, 0.2) is 0 Å². The molecular formula is C11H22N2O4S. The molecule has 0 bridgehead atoms. The second-order valence-electron chi connectivity index (χ2n) is 5.59. The molecule has 106 valence electrons. The van der Waals surface area contributed by atoms with Gasteiger partial charge in [0.25, 0.3) is 0 Å². The summed E-state index contributed by atoms with van der Waals surface area (Å²) in [4.78, 5) is 13.4. The molecule has 1 atom stereocenters. The quantitative estimate of drug-likeness (QED) is 0.791. The first-order valence-corrected chi connectivity index (χ1v) is 7.64. The number of nitrogens with two attached hydrogens (primary N) is 1. The average molecular weight is 278 g/mol. The van der Waals surface area contributed by atoms with Crippen molar-refractivity contribution in [2.24, 2.45) is 5.14 Å². The second-order valence-corrected chi connectivity index (χ2v) is 7.44. The van der Waals surface area contributed by atoms with Crippen molar-refractivity contribution in [3.8, 4) is 0 Å². The van der Waals surface area contributed by atoms with Crippen LogP contribution in [-0.4, -0.2) is 49.8 Å². The zero-order valence-electron chi connectivity index (χ0n) is 11.2. The monoisotopic (exact) mass is 278 g/mol. The van der Waals surface area contributed by atoms with E-state index in [1.165, 1.54) is 4.90 Å². The van der Waals surface area contributed by atoms with Crippen LogP contribution in [-0.2, 0) is 19.6 Å². The van der Waals surface area contributed by atoms with Gasteiger partial charge in [-0.15, -0.1) is 0 Å². The van der Waals surface area contributed by atoms with Gasteiger partial charge >= 0.3 is 0 Å². The number of sulfonamides is 1. The fourth-order valence-electron chi connectivity index (χ4n) is 1.80. The maximum atomic E-state index is 11.9. The van der Waals surface area contributed by atoms with Crippen LogP contribution >= 0.6 is 0 Å². The summed E-state index contributed by atoms with van der Waals surface area (Å²) in [7, 11) is -3.57. The van der Waals surface area contributed by atoms with E-state index in [1.807, 2.05) is 20.8 Å². The Bertz CT molecular complexity index is 400. The summed E-state index contributed by atoms with van der Waals surface area (Å²) in [6.45, 7) is 6.31. The molecule has 0 aromatic carbocycles. The number of carbonyl (C=O) groups is 1. The van der Waals surface area contributed by atoms with Crippen molar-refractivity contribution in [2.45, 2.75) is 44.5 Å². The first-order chi connectivity index (χ1) is 8.09. The minimum atomic E-state index is -3.57. The molecule has 1 rings (SSSR count). The molecule has 1 unspecified atom stereocenters. The highest BCUT2D eigenvalue weighted by molar-refractivity contribution is 7.89. The molecule has 1 amide bonds. The number of rotatable bonds is 3. The van der Waals surface area contributed by atoms with Gasteiger partial charge in [-0.25, -0.2) is 13.6 Å². The maximum Gasteiger partial charge on any atom is 0.248 e. The molecule has 2 N–H and O–H groups in total. The SMILES string of the molecule is CC(C)(C)OCC(=O)N1CCCC(S(N)(=O)=O)C1. The Balaban J connectivity index is 2.54. The van der Waals surface area contributed by atoms with Gasteiger partial charge in [0, 0.05) is 13.1 Å². The van der Waals surface area contributed by atoms with Gasteiger partial charge < -0.3 is 9.64 Å². The van der Waals surface area contributed by atoms with E-state index in [0.29, 0.717) is 19.4 Å². The molecule has 0 aromatic rings. The molecule has 0 saturated carbocycles. The van der Waals surface area contributed by atoms with E-state index >= 15 is 0 Å². The first-order valence-electron chi connectivity index (χ1n) is 6.03. The van der Waals surface area contributed by atoms with E-state index < -0.39 is 15.3 Å². The molecular weight excluding hydrogens is 256 g/mol. The Kier molecular flexibility index (Phi) is 4.74. The lowest BCUT2D eigenvalue weighted by Crippen LogP contribution is -2.48. The third-order valence-electron chi connectivity index (χ3n) is 2.82. The van der Waals surface area contributed by atoms with E-state index in [4.69, 9.17) is 9.88 Å². The minimum Gasteiger partial charge on any atom is -0.366 e. The molecule has 0 spiro atoms. The summed E-state index contributed by atoms with van der Waals surface area (Å²) in [6.07, 6.45) is 1.17. The van der Waals surface area contributed by atoms with Crippen molar-refractivity contribution in [3.63, 3.8) is 0 Å². The highest BCUT2D eigenvalue weighted by Gasteiger charge is 2.30. The fraction of sp³-hybridized carbons (Fsp3) is 0.909. The van der Waals surface area contributed by atoms with Crippen molar-refractivity contribution in [1.82, 2.24) is 4.90 Å². The molecule has 1 saturated heterocycles. The van der Waals surface area contributed by atoms with Crippen molar-refractivity contribution >= 4 is 15.9 Å². The number of primary sulfonamides is 1. The Morgan fingerprint density at radius 1 is 1.44 bits per heavy atom. The Hall–Kier alpha value is -0.660. The van der Waals surface area contributed by atoms with Crippen molar-refractivity contribution in [3.05, 3.63) is 0 Å². The van der Waals surface area contributed by atoms with Crippen LogP contribution in [0.25, 0.3) is 0 Å². The summed E-state index contributed by atoms with van der Waals surface area (Å²) < 4.78 is 28.0. The van der Waals surface area contributed by atoms with Gasteiger partial charge in [0.05, 0.1) is 10.9 Å². The van der Waals surface area contributed by atoms with Crippen molar-refractivity contribution < 1.29 is 17.9 Å². The smallest absolute Gasteiger partial charge is 0.248 e. The van der Waals surface area contributed by atoms with E-state index in [2.05, 4.69) is 0 Å². The van der Waals surface area contributed by atoms with E-state index in [9.17, 15) is 13.2 Å². The number of hydrogen-bond donors (Lipinski definition) is 1. The number of likely N-dealkylation sites (tertiary alicyclic amines) is 1. The molecule has 18 heavy (non-hydrogen) atoms. The van der Waals surface area contributed by atoms with Crippen LogP contribution in [0.5, 0.6) is 0 Å². The summed E-state index contributed by atoms with van der Waals surface area (Å²) in [5.74, 6) is -0.182. The molecule has 6 nitrogen and oxygen atoms in total. The molecule has 1 aliphatic rings. The number of ether oxygens (including phenoxy) is 1. The normalized spacial score (nSPS) is 22.0. The summed E-state index contributed by atoms with van der Waals surface area (Å²) in [5, 5.41) is 4.47. The van der Waals surface area contributed by atoms with Crippen LogP contribution in [0.4, 0.5) is 0 Å². The zero-order valence-corrected chi connectivity index (χ0v) is 12.0. The van der Waals surface area contributed by atoms with Crippen LogP contribution in [0, 0.1) is 0 Å². The number of carbonyl (C=O) groups excluding carboxylic acids is 1. The third-order valence-corrected chi connectivity index (χ3v) is 4.14. The molecule has 1 aliphatic heterocycles. The maximum absolute atomic E-state index is 11.9. The van der Waals surface area contributed by atoms with E-state index in [0.717, 1.165) is 0 Å². The second kappa shape index (κ2) is 5.54. The summed E-state index contributed by atoms with van der Waals surface area (Å²) in [5.41, 5.74) is -0.384. The standard InChI is InChI=1S/C11H22N2O4S/c1-11(2,3)17-8-10(14)13-6-4-5-9(7-13)18(12,15)16/h9H,4-8H2,1-3H3,(H2,12,15,16). The summed E-state index contributed by atoms with van der Waals surface area (Å²) >= 11 is 0. The Labute approximate surface area is 109 Å². The van der Waals surface area contributed by atoms with Crippen LogP contribution in [0.2, 0.25) is 0 Å². The molecule has 0 aromatic heterocycles. The molecule has 0 radical (unpaired) electrons. The molecule has 0 aliphatic carbocycles. The number of nitrogens with zero attached hydrogens (tertiary/aromatic N) is 1. The number of amides is 1. The predicted octanol–water partition coefficient (Wildman–Crippen LogP) is 0.0810. The Morgan fingerprint density at radius 2 is 2.06 bits per heavy atom. The predicted molar refractivity (Wildman–Crippen MR) is 68.4 cm³/mol. The van der Waals surface area contributed by atoms with Gasteiger partial charge in [0.15, 0.2) is 0 Å². The topological polar surface area (TPSA) is 89.7 Å². The van der Waals surface area contributed by atoms with Crippen LogP contribution in [0.1, 0.15) is 33.6 Å². The Morgan fingerprint density at radius 3 is 2.56 bits per heavy atom. The number of hydrogen-bond acceptors (Lipinski definition) is 4. The molecule has 1 heterocycles. The zero-order chi connectivity index (χ0) is 14.0. The first kappa shape index (κ1) is 15.4. The largest absolute Gasteiger partial charge is 0.366 e. The number of piperidine rings is 1. The third kappa shape index (κ3) is 4.91.